The van der Waals surface area contributed by atoms with Gasteiger partial charge in [-0.05, 0) is 30.0 Å². The van der Waals surface area contributed by atoms with E-state index in [4.69, 9.17) is 0 Å². The van der Waals surface area contributed by atoms with Crippen molar-refractivity contribution < 1.29 is 9.90 Å². The predicted octanol–water partition coefficient (Wildman–Crippen LogP) is 3.37. The highest BCUT2D eigenvalue weighted by Crippen LogP contribution is 2.42. The fraction of sp³-hybridized carbons (Fsp3) is 0.533. The Balaban J connectivity index is 2.46. The average molecular weight is 279 g/mol. The molecule has 4 heteroatoms. The van der Waals surface area contributed by atoms with Crippen LogP contribution in [0, 0.1) is 0 Å². The minimum Gasteiger partial charge on any atom is -0.480 e. The average Bonchev–Trinajstić information content (AvgIpc) is 2.31. The minimum atomic E-state index is -0.740. The molecule has 1 heterocycles. The summed E-state index contributed by atoms with van der Waals surface area (Å²) in [6, 6.07) is 6.38. The van der Waals surface area contributed by atoms with Gasteiger partial charge in [0, 0.05) is 18.0 Å². The van der Waals surface area contributed by atoms with Gasteiger partial charge in [-0.15, -0.1) is 11.8 Å². The SMILES string of the molecule is CC1C(C(=O)O)Sc2cc(C(C)(C)C)ccc2N1C. The highest BCUT2D eigenvalue weighted by Gasteiger charge is 2.35. The number of carboxylic acids is 1. The van der Waals surface area contributed by atoms with Crippen LogP contribution in [0.3, 0.4) is 0 Å². The molecular weight excluding hydrogens is 258 g/mol. The van der Waals surface area contributed by atoms with Crippen LogP contribution >= 0.6 is 11.8 Å². The summed E-state index contributed by atoms with van der Waals surface area (Å²) in [5.74, 6) is -0.740. The van der Waals surface area contributed by atoms with Crippen LogP contribution in [-0.4, -0.2) is 29.4 Å². The monoisotopic (exact) mass is 279 g/mol. The van der Waals surface area contributed by atoms with E-state index in [-0.39, 0.29) is 11.5 Å². The van der Waals surface area contributed by atoms with Gasteiger partial charge in [-0.1, -0.05) is 26.8 Å². The lowest BCUT2D eigenvalue weighted by Crippen LogP contribution is -2.44. The van der Waals surface area contributed by atoms with E-state index in [9.17, 15) is 9.90 Å². The summed E-state index contributed by atoms with van der Waals surface area (Å²) in [6.07, 6.45) is 0. The van der Waals surface area contributed by atoms with Gasteiger partial charge in [0.25, 0.3) is 0 Å². The van der Waals surface area contributed by atoms with Crippen molar-refractivity contribution in [2.75, 3.05) is 11.9 Å². The molecule has 19 heavy (non-hydrogen) atoms. The molecule has 1 aromatic rings. The Bertz CT molecular complexity index is 507. The Morgan fingerprint density at radius 2 is 2.00 bits per heavy atom. The Kier molecular flexibility index (Phi) is 3.56. The molecule has 0 fully saturated rings. The number of nitrogens with zero attached hydrogens (tertiary/aromatic N) is 1. The Morgan fingerprint density at radius 1 is 1.37 bits per heavy atom. The fourth-order valence-corrected chi connectivity index (χ4v) is 3.56. The van der Waals surface area contributed by atoms with Gasteiger partial charge in [0.1, 0.15) is 5.25 Å². The first-order valence-corrected chi connectivity index (χ1v) is 7.36. The summed E-state index contributed by atoms with van der Waals surface area (Å²) in [5, 5.41) is 8.92. The van der Waals surface area contributed by atoms with Crippen molar-refractivity contribution in [2.24, 2.45) is 0 Å². The molecule has 0 amide bonds. The van der Waals surface area contributed by atoms with Crippen LogP contribution < -0.4 is 4.90 Å². The number of hydrogen-bond acceptors (Lipinski definition) is 3. The number of thioether (sulfide) groups is 1. The summed E-state index contributed by atoms with van der Waals surface area (Å²) in [6.45, 7) is 8.47. The normalized spacial score (nSPS) is 23.1. The van der Waals surface area contributed by atoms with Crippen LogP contribution in [0.4, 0.5) is 5.69 Å². The van der Waals surface area contributed by atoms with E-state index >= 15 is 0 Å². The third-order valence-electron chi connectivity index (χ3n) is 3.75. The smallest absolute Gasteiger partial charge is 0.319 e. The number of anilines is 1. The molecule has 3 nitrogen and oxygen atoms in total. The van der Waals surface area contributed by atoms with Crippen LogP contribution in [-0.2, 0) is 10.2 Å². The highest BCUT2D eigenvalue weighted by atomic mass is 32.2. The van der Waals surface area contributed by atoms with Gasteiger partial charge in [-0.25, -0.2) is 0 Å². The third kappa shape index (κ3) is 2.59. The Labute approximate surface area is 119 Å². The molecule has 2 unspecified atom stereocenters. The molecule has 1 N–H and O–H groups in total. The first-order chi connectivity index (χ1) is 8.71. The standard InChI is InChI=1S/C15H21NO2S/c1-9-13(14(17)18)19-12-8-10(15(2,3)4)6-7-11(12)16(9)5/h6-9,13H,1-5H3,(H,17,18). The van der Waals surface area contributed by atoms with Crippen molar-refractivity contribution in [3.63, 3.8) is 0 Å². The summed E-state index contributed by atoms with van der Waals surface area (Å²) in [5.41, 5.74) is 2.45. The van der Waals surface area contributed by atoms with E-state index in [1.165, 1.54) is 17.3 Å². The number of carboxylic acid groups (broad SMARTS) is 1. The van der Waals surface area contributed by atoms with Crippen LogP contribution in [0.15, 0.2) is 23.1 Å². The summed E-state index contributed by atoms with van der Waals surface area (Å²) < 4.78 is 0. The van der Waals surface area contributed by atoms with Crippen LogP contribution in [0.25, 0.3) is 0 Å². The lowest BCUT2D eigenvalue weighted by molar-refractivity contribution is -0.136. The fourth-order valence-electron chi connectivity index (χ4n) is 2.28. The topological polar surface area (TPSA) is 40.5 Å². The third-order valence-corrected chi connectivity index (χ3v) is 5.18. The van der Waals surface area contributed by atoms with Gasteiger partial charge in [-0.2, -0.15) is 0 Å². The minimum absolute atomic E-state index is 0.00418. The van der Waals surface area contributed by atoms with Gasteiger partial charge in [0.15, 0.2) is 0 Å². The number of hydrogen-bond donors (Lipinski definition) is 1. The maximum atomic E-state index is 11.4. The van der Waals surface area contributed by atoms with Crippen molar-refractivity contribution in [3.8, 4) is 0 Å². The zero-order chi connectivity index (χ0) is 14.4. The van der Waals surface area contributed by atoms with E-state index < -0.39 is 11.2 Å². The Morgan fingerprint density at radius 3 is 2.53 bits per heavy atom. The van der Waals surface area contributed by atoms with Gasteiger partial charge >= 0.3 is 5.97 Å². The molecule has 0 aromatic heterocycles. The highest BCUT2D eigenvalue weighted by molar-refractivity contribution is 8.01. The van der Waals surface area contributed by atoms with Crippen LogP contribution in [0.2, 0.25) is 0 Å². The van der Waals surface area contributed by atoms with Crippen LogP contribution in [0.1, 0.15) is 33.3 Å². The molecule has 1 aliphatic rings. The van der Waals surface area contributed by atoms with Crippen molar-refractivity contribution in [3.05, 3.63) is 23.8 Å². The number of aliphatic carboxylic acids is 1. The zero-order valence-electron chi connectivity index (χ0n) is 12.1. The van der Waals surface area contributed by atoms with Gasteiger partial charge in [0.05, 0.1) is 5.69 Å². The van der Waals surface area contributed by atoms with Crippen molar-refractivity contribution in [1.29, 1.82) is 0 Å². The van der Waals surface area contributed by atoms with Gasteiger partial charge in [-0.3, -0.25) is 4.79 Å². The second-order valence-corrected chi connectivity index (χ2v) is 7.34. The van der Waals surface area contributed by atoms with Crippen LogP contribution in [0.5, 0.6) is 0 Å². The molecule has 1 aromatic carbocycles. The molecule has 1 aliphatic heterocycles. The zero-order valence-corrected chi connectivity index (χ0v) is 12.9. The molecule has 0 radical (unpaired) electrons. The lowest BCUT2D eigenvalue weighted by atomic mass is 9.87. The molecule has 104 valence electrons. The molecule has 0 bridgehead atoms. The molecule has 0 saturated heterocycles. The maximum absolute atomic E-state index is 11.4. The second kappa shape index (κ2) is 4.75. The molecule has 2 rings (SSSR count). The van der Waals surface area contributed by atoms with Crippen molar-refractivity contribution in [2.45, 2.75) is 49.3 Å². The number of benzene rings is 1. The quantitative estimate of drug-likeness (QED) is 0.855. The first kappa shape index (κ1) is 14.3. The van der Waals surface area contributed by atoms with E-state index in [1.54, 1.807) is 0 Å². The van der Waals surface area contributed by atoms with Crippen molar-refractivity contribution in [1.82, 2.24) is 0 Å². The van der Waals surface area contributed by atoms with Gasteiger partial charge in [0.2, 0.25) is 0 Å². The lowest BCUT2D eigenvalue weighted by Gasteiger charge is -2.38. The van der Waals surface area contributed by atoms with E-state index in [0.29, 0.717) is 0 Å². The van der Waals surface area contributed by atoms with E-state index in [2.05, 4.69) is 43.9 Å². The number of fused-ring (bicyclic) bond motifs is 1. The number of carbonyl (C=O) groups is 1. The second-order valence-electron chi connectivity index (χ2n) is 6.16. The largest absolute Gasteiger partial charge is 0.480 e. The molecular formula is C15H21NO2S. The van der Waals surface area contributed by atoms with Crippen molar-refractivity contribution >= 4 is 23.4 Å². The first-order valence-electron chi connectivity index (χ1n) is 6.48. The maximum Gasteiger partial charge on any atom is 0.319 e. The summed E-state index contributed by atoms with van der Waals surface area (Å²) in [7, 11) is 1.97. The summed E-state index contributed by atoms with van der Waals surface area (Å²) in [4.78, 5) is 14.5. The number of rotatable bonds is 1. The van der Waals surface area contributed by atoms with E-state index in [0.717, 1.165) is 10.6 Å². The summed E-state index contributed by atoms with van der Waals surface area (Å²) >= 11 is 1.47. The molecule has 0 saturated carbocycles. The van der Waals surface area contributed by atoms with Gasteiger partial charge < -0.3 is 10.0 Å². The predicted molar refractivity (Wildman–Crippen MR) is 80.3 cm³/mol. The Hall–Kier alpha value is -1.16. The molecule has 0 aliphatic carbocycles. The molecule has 0 spiro atoms. The van der Waals surface area contributed by atoms with E-state index in [1.807, 2.05) is 14.0 Å². The molecule has 2 atom stereocenters.